The van der Waals surface area contributed by atoms with E-state index in [1.165, 1.54) is 36.4 Å². The summed E-state index contributed by atoms with van der Waals surface area (Å²) < 4.78 is 31.3. The first-order valence-corrected chi connectivity index (χ1v) is 10.9. The molecule has 1 aliphatic rings. The van der Waals surface area contributed by atoms with E-state index in [1.54, 1.807) is 12.1 Å². The van der Waals surface area contributed by atoms with Crippen molar-refractivity contribution in [1.82, 2.24) is 4.90 Å². The summed E-state index contributed by atoms with van der Waals surface area (Å²) in [5.41, 5.74) is 6.80. The number of hydrogen-bond donors (Lipinski definition) is 2. The number of halogens is 1. The third kappa shape index (κ3) is 4.79. The summed E-state index contributed by atoms with van der Waals surface area (Å²) in [6.45, 7) is 5.70. The molecule has 2 aromatic rings. The first kappa shape index (κ1) is 21.3. The summed E-state index contributed by atoms with van der Waals surface area (Å²) in [6.07, 6.45) is 1.43. The number of anilines is 2. The highest BCUT2D eigenvalue weighted by molar-refractivity contribution is 7.92. The second-order valence-corrected chi connectivity index (χ2v) is 9.01. The lowest BCUT2D eigenvalue weighted by Gasteiger charge is -2.32. The predicted octanol–water partition coefficient (Wildman–Crippen LogP) is 2.79. The van der Waals surface area contributed by atoms with Gasteiger partial charge >= 0.3 is 0 Å². The second-order valence-electron chi connectivity index (χ2n) is 6.53. The average Bonchev–Trinajstić information content (AvgIpc) is 2.71. The molecule has 0 bridgehead atoms. The number of nitrogens with one attached hydrogen (secondary N) is 1. The number of rotatable bonds is 6. The van der Waals surface area contributed by atoms with Crippen LogP contribution in [0.15, 0.2) is 60.0 Å². The van der Waals surface area contributed by atoms with E-state index in [1.807, 2.05) is 4.90 Å². The van der Waals surface area contributed by atoms with Gasteiger partial charge < -0.3 is 15.8 Å². The van der Waals surface area contributed by atoms with Crippen molar-refractivity contribution in [2.24, 2.45) is 0 Å². The Kier molecular flexibility index (Phi) is 6.59. The number of sulfone groups is 1. The molecule has 2 aromatic carbocycles. The fourth-order valence-corrected chi connectivity index (χ4v) is 4.92. The summed E-state index contributed by atoms with van der Waals surface area (Å²) in [5.74, 6) is -0.433. The van der Waals surface area contributed by atoms with Crippen molar-refractivity contribution >= 4 is 38.7 Å². The number of carbonyl (C=O) groups is 1. The zero-order valence-electron chi connectivity index (χ0n) is 15.7. The van der Waals surface area contributed by atoms with Gasteiger partial charge in [0.2, 0.25) is 0 Å². The third-order valence-corrected chi connectivity index (χ3v) is 6.92. The number of hydrogen-bond acceptors (Lipinski definition) is 6. The number of ether oxygens (including phenoxy) is 1. The molecule has 1 aliphatic heterocycles. The second kappa shape index (κ2) is 8.96. The quantitative estimate of drug-likeness (QED) is 0.534. The van der Waals surface area contributed by atoms with Crippen molar-refractivity contribution < 1.29 is 17.9 Å². The number of nitrogens with two attached hydrogens (primary N) is 1. The molecule has 3 rings (SSSR count). The highest BCUT2D eigenvalue weighted by atomic mass is 35.5. The van der Waals surface area contributed by atoms with Gasteiger partial charge in [0.15, 0.2) is 9.84 Å². The molecule has 7 nitrogen and oxygen atoms in total. The Morgan fingerprint density at radius 3 is 2.48 bits per heavy atom. The first-order valence-electron chi connectivity index (χ1n) is 8.97. The number of amides is 1. The molecular weight excluding hydrogens is 414 g/mol. The van der Waals surface area contributed by atoms with E-state index in [9.17, 15) is 13.2 Å². The maximum absolute atomic E-state index is 13.0. The molecular formula is C20H22ClN3O4S. The highest BCUT2D eigenvalue weighted by Gasteiger charge is 2.31. The van der Waals surface area contributed by atoms with Gasteiger partial charge in [0.05, 0.1) is 23.7 Å². The molecule has 1 unspecified atom stereocenters. The molecule has 29 heavy (non-hydrogen) atoms. The summed E-state index contributed by atoms with van der Waals surface area (Å²) in [5, 5.41) is 2.25. The van der Waals surface area contributed by atoms with Crippen LogP contribution in [0, 0.1) is 0 Å². The fourth-order valence-electron chi connectivity index (χ4n) is 3.09. The smallest absolute Gasteiger partial charge is 0.257 e. The Morgan fingerprint density at radius 2 is 1.86 bits per heavy atom. The van der Waals surface area contributed by atoms with Crippen LogP contribution in [0.25, 0.3) is 0 Å². The van der Waals surface area contributed by atoms with Gasteiger partial charge in [-0.25, -0.2) is 8.42 Å². The Hall–Kier alpha value is -2.39. The SMILES string of the molecule is C=CC(N1CCOCC1)S(=O)(=O)c1ccc(NC(=O)c2cc(Cl)ccc2N)cc1. The van der Waals surface area contributed by atoms with E-state index in [-0.39, 0.29) is 10.5 Å². The van der Waals surface area contributed by atoms with Crippen LogP contribution in [0.4, 0.5) is 11.4 Å². The van der Waals surface area contributed by atoms with Crippen molar-refractivity contribution in [2.45, 2.75) is 10.3 Å². The molecule has 3 N–H and O–H groups in total. The predicted molar refractivity (Wildman–Crippen MR) is 114 cm³/mol. The van der Waals surface area contributed by atoms with E-state index in [4.69, 9.17) is 22.1 Å². The van der Waals surface area contributed by atoms with E-state index < -0.39 is 21.1 Å². The first-order chi connectivity index (χ1) is 13.8. The molecule has 0 aliphatic carbocycles. The number of benzene rings is 2. The summed E-state index contributed by atoms with van der Waals surface area (Å²) in [4.78, 5) is 14.4. The lowest BCUT2D eigenvalue weighted by Crippen LogP contribution is -2.46. The molecule has 0 aromatic heterocycles. The van der Waals surface area contributed by atoms with Gasteiger partial charge in [-0.3, -0.25) is 9.69 Å². The number of nitrogen functional groups attached to an aromatic ring is 1. The van der Waals surface area contributed by atoms with Gasteiger partial charge in [-0.05, 0) is 42.5 Å². The van der Waals surface area contributed by atoms with E-state index >= 15 is 0 Å². The van der Waals surface area contributed by atoms with Gasteiger partial charge in [-0.15, -0.1) is 6.58 Å². The van der Waals surface area contributed by atoms with Crippen molar-refractivity contribution in [3.63, 3.8) is 0 Å². The monoisotopic (exact) mass is 435 g/mol. The molecule has 0 spiro atoms. The van der Waals surface area contributed by atoms with Crippen molar-refractivity contribution in [2.75, 3.05) is 37.4 Å². The van der Waals surface area contributed by atoms with Crippen LogP contribution in [0.2, 0.25) is 5.02 Å². The van der Waals surface area contributed by atoms with Gasteiger partial charge in [0.25, 0.3) is 5.91 Å². The summed E-state index contributed by atoms with van der Waals surface area (Å²) >= 11 is 5.92. The van der Waals surface area contributed by atoms with Crippen molar-refractivity contribution in [1.29, 1.82) is 0 Å². The topological polar surface area (TPSA) is 102 Å². The Balaban J connectivity index is 1.77. The Morgan fingerprint density at radius 1 is 1.21 bits per heavy atom. The largest absolute Gasteiger partial charge is 0.398 e. The van der Waals surface area contributed by atoms with Crippen molar-refractivity contribution in [3.8, 4) is 0 Å². The number of carbonyl (C=O) groups excluding carboxylic acids is 1. The average molecular weight is 436 g/mol. The number of morpholine rings is 1. The Bertz CT molecular complexity index is 1000. The fraction of sp³-hybridized carbons (Fsp3) is 0.250. The molecule has 1 amide bonds. The molecule has 0 saturated carbocycles. The van der Waals surface area contributed by atoms with Gasteiger partial charge in [0, 0.05) is 29.5 Å². The van der Waals surface area contributed by atoms with Crippen LogP contribution in [0.5, 0.6) is 0 Å². The van der Waals surface area contributed by atoms with Crippen LogP contribution in [-0.2, 0) is 14.6 Å². The van der Waals surface area contributed by atoms with E-state index in [0.29, 0.717) is 42.7 Å². The lowest BCUT2D eigenvalue weighted by molar-refractivity contribution is 0.0374. The highest BCUT2D eigenvalue weighted by Crippen LogP contribution is 2.24. The molecule has 1 heterocycles. The molecule has 9 heteroatoms. The van der Waals surface area contributed by atoms with E-state index in [0.717, 1.165) is 0 Å². The molecule has 1 atom stereocenters. The Labute approximate surface area is 175 Å². The van der Waals surface area contributed by atoms with Crippen LogP contribution < -0.4 is 11.1 Å². The van der Waals surface area contributed by atoms with Gasteiger partial charge in [0.1, 0.15) is 5.37 Å². The van der Waals surface area contributed by atoms with Crippen LogP contribution in [0.1, 0.15) is 10.4 Å². The zero-order valence-corrected chi connectivity index (χ0v) is 17.2. The standard InChI is InChI=1S/C20H22ClN3O4S/c1-2-19(24-9-11-28-12-10-24)29(26,27)16-6-4-15(5-7-16)23-20(25)17-13-14(21)3-8-18(17)22/h2-8,13,19H,1,9-12,22H2,(H,23,25). The minimum absolute atomic E-state index is 0.147. The van der Waals surface area contributed by atoms with E-state index in [2.05, 4.69) is 11.9 Å². The van der Waals surface area contributed by atoms with Crippen molar-refractivity contribution in [3.05, 3.63) is 65.7 Å². The lowest BCUT2D eigenvalue weighted by atomic mass is 10.1. The maximum Gasteiger partial charge on any atom is 0.257 e. The number of nitrogens with zero attached hydrogens (tertiary/aromatic N) is 1. The maximum atomic E-state index is 13.0. The van der Waals surface area contributed by atoms with Crippen LogP contribution in [0.3, 0.4) is 0 Å². The summed E-state index contributed by atoms with van der Waals surface area (Å²) in [7, 11) is -3.66. The minimum atomic E-state index is -3.66. The van der Waals surface area contributed by atoms with Gasteiger partial charge in [-0.2, -0.15) is 0 Å². The van der Waals surface area contributed by atoms with Crippen LogP contribution in [-0.4, -0.2) is 50.9 Å². The molecule has 154 valence electrons. The third-order valence-electron chi connectivity index (χ3n) is 4.63. The minimum Gasteiger partial charge on any atom is -0.398 e. The molecule has 0 radical (unpaired) electrons. The van der Waals surface area contributed by atoms with Gasteiger partial charge in [-0.1, -0.05) is 17.7 Å². The van der Waals surface area contributed by atoms with Crippen LogP contribution >= 0.6 is 11.6 Å². The summed E-state index contributed by atoms with van der Waals surface area (Å²) in [6, 6.07) is 10.6. The molecule has 1 fully saturated rings. The normalized spacial score (nSPS) is 16.2. The zero-order chi connectivity index (χ0) is 21.0. The molecule has 1 saturated heterocycles.